The van der Waals surface area contributed by atoms with Gasteiger partial charge in [0, 0.05) is 18.5 Å². The zero-order valence-corrected chi connectivity index (χ0v) is 9.35. The highest BCUT2D eigenvalue weighted by Gasteiger charge is 2.23. The lowest BCUT2D eigenvalue weighted by molar-refractivity contribution is 0.538. The number of nitrogens with zero attached hydrogens (tertiary/aromatic N) is 2. The Balaban J connectivity index is 2.89. The third kappa shape index (κ3) is 2.35. The van der Waals surface area contributed by atoms with E-state index in [1.54, 1.807) is 6.07 Å². The minimum Gasteiger partial charge on any atom is -0.353 e. The molecule has 2 nitrogen and oxygen atoms in total. The van der Waals surface area contributed by atoms with Crippen molar-refractivity contribution in [2.75, 3.05) is 17.8 Å². The lowest BCUT2D eigenvalue weighted by Gasteiger charge is -2.34. The summed E-state index contributed by atoms with van der Waals surface area (Å²) in [5.74, 6) is 0.880. The zero-order chi connectivity index (χ0) is 10.8. The monoisotopic (exact) mass is 216 g/mol. The van der Waals surface area contributed by atoms with Gasteiger partial charge in [-0.15, -0.1) is 11.6 Å². The molecule has 0 atom stereocenters. The average molecular weight is 217 g/mol. The smallest absolute Gasteiger partial charge is 0.141 e. The molecule has 0 unspecified atom stereocenters. The molecule has 0 aliphatic rings. The van der Waals surface area contributed by atoms with Crippen molar-refractivity contribution in [3.63, 3.8) is 0 Å². The molecule has 0 bridgehead atoms. The summed E-state index contributed by atoms with van der Waals surface area (Å²) >= 11 is 5.83. The molecule has 0 spiro atoms. The van der Waals surface area contributed by atoms with Crippen molar-refractivity contribution in [3.05, 3.63) is 24.1 Å². The van der Waals surface area contributed by atoms with Crippen LogP contribution in [0.4, 0.5) is 10.2 Å². The van der Waals surface area contributed by atoms with Crippen LogP contribution in [0.2, 0.25) is 0 Å². The lowest BCUT2D eigenvalue weighted by Crippen LogP contribution is -2.43. The SMILES string of the molecule is CN(c1ccc(F)cn1)C(C)(C)CCl. The predicted molar refractivity (Wildman–Crippen MR) is 57.4 cm³/mol. The van der Waals surface area contributed by atoms with Gasteiger partial charge in [-0.05, 0) is 26.0 Å². The number of halogens is 2. The van der Waals surface area contributed by atoms with Crippen LogP contribution in [0.25, 0.3) is 0 Å². The van der Waals surface area contributed by atoms with Crippen molar-refractivity contribution in [1.82, 2.24) is 4.98 Å². The molecule has 0 aliphatic heterocycles. The van der Waals surface area contributed by atoms with E-state index < -0.39 is 0 Å². The maximum Gasteiger partial charge on any atom is 0.141 e. The lowest BCUT2D eigenvalue weighted by atomic mass is 10.1. The summed E-state index contributed by atoms with van der Waals surface area (Å²) < 4.78 is 12.6. The highest BCUT2D eigenvalue weighted by Crippen LogP contribution is 2.20. The molecule has 14 heavy (non-hydrogen) atoms. The van der Waals surface area contributed by atoms with Gasteiger partial charge < -0.3 is 4.90 Å². The second kappa shape index (κ2) is 4.13. The van der Waals surface area contributed by atoms with E-state index in [0.29, 0.717) is 5.88 Å². The van der Waals surface area contributed by atoms with E-state index in [1.807, 2.05) is 25.8 Å². The highest BCUT2D eigenvalue weighted by atomic mass is 35.5. The summed E-state index contributed by atoms with van der Waals surface area (Å²) in [5, 5.41) is 0. The van der Waals surface area contributed by atoms with Crippen LogP contribution in [-0.2, 0) is 0 Å². The average Bonchev–Trinajstić information content (AvgIpc) is 2.18. The number of rotatable bonds is 3. The Hall–Kier alpha value is -0.830. The van der Waals surface area contributed by atoms with Crippen LogP contribution in [0.15, 0.2) is 18.3 Å². The summed E-state index contributed by atoms with van der Waals surface area (Å²) in [6.07, 6.45) is 1.20. The number of anilines is 1. The van der Waals surface area contributed by atoms with Gasteiger partial charge in [-0.1, -0.05) is 0 Å². The third-order valence-electron chi connectivity index (χ3n) is 2.29. The first-order valence-electron chi connectivity index (χ1n) is 4.39. The Morgan fingerprint density at radius 1 is 1.50 bits per heavy atom. The Kier molecular flexibility index (Phi) is 3.32. The van der Waals surface area contributed by atoms with Crippen molar-refractivity contribution in [1.29, 1.82) is 0 Å². The number of alkyl halides is 1. The molecule has 1 aromatic rings. The molecule has 0 aromatic carbocycles. The number of hydrogen-bond acceptors (Lipinski definition) is 2. The molecular formula is C10H14ClFN2. The van der Waals surface area contributed by atoms with E-state index in [0.717, 1.165) is 5.82 Å². The maximum absolute atomic E-state index is 12.6. The quantitative estimate of drug-likeness (QED) is 0.723. The molecule has 0 aliphatic carbocycles. The first-order chi connectivity index (χ1) is 6.47. The molecule has 0 amide bonds. The highest BCUT2D eigenvalue weighted by molar-refractivity contribution is 6.18. The van der Waals surface area contributed by atoms with Crippen molar-refractivity contribution in [3.8, 4) is 0 Å². The van der Waals surface area contributed by atoms with Crippen LogP contribution in [0.1, 0.15) is 13.8 Å². The molecule has 0 fully saturated rings. The molecule has 0 N–H and O–H groups in total. The Labute approximate surface area is 88.7 Å². The van der Waals surface area contributed by atoms with Gasteiger partial charge >= 0.3 is 0 Å². The maximum atomic E-state index is 12.6. The fraction of sp³-hybridized carbons (Fsp3) is 0.500. The third-order valence-corrected chi connectivity index (χ3v) is 2.94. The minimum absolute atomic E-state index is 0.188. The van der Waals surface area contributed by atoms with E-state index in [4.69, 9.17) is 11.6 Å². The second-order valence-corrected chi connectivity index (χ2v) is 4.11. The standard InChI is InChI=1S/C10H14ClFN2/c1-10(2,7-11)14(3)9-5-4-8(12)6-13-9/h4-6H,7H2,1-3H3. The summed E-state index contributed by atoms with van der Waals surface area (Å²) in [7, 11) is 1.89. The van der Waals surface area contributed by atoms with Crippen LogP contribution in [-0.4, -0.2) is 23.5 Å². The summed E-state index contributed by atoms with van der Waals surface area (Å²) in [5.41, 5.74) is -0.188. The van der Waals surface area contributed by atoms with Crippen molar-refractivity contribution in [2.45, 2.75) is 19.4 Å². The predicted octanol–water partition coefficient (Wildman–Crippen LogP) is 2.67. The summed E-state index contributed by atoms with van der Waals surface area (Å²) in [6.45, 7) is 4.01. The Morgan fingerprint density at radius 3 is 2.57 bits per heavy atom. The molecule has 4 heteroatoms. The van der Waals surface area contributed by atoms with Crippen LogP contribution in [0, 0.1) is 5.82 Å². The van der Waals surface area contributed by atoms with Crippen molar-refractivity contribution in [2.24, 2.45) is 0 Å². The van der Waals surface area contributed by atoms with Crippen LogP contribution < -0.4 is 4.90 Å². The normalized spacial score (nSPS) is 11.5. The minimum atomic E-state index is -0.328. The molecule has 1 heterocycles. The van der Waals surface area contributed by atoms with Gasteiger partial charge in [-0.25, -0.2) is 9.37 Å². The van der Waals surface area contributed by atoms with Crippen LogP contribution in [0.5, 0.6) is 0 Å². The van der Waals surface area contributed by atoms with Gasteiger partial charge in [0.15, 0.2) is 0 Å². The van der Waals surface area contributed by atoms with E-state index in [2.05, 4.69) is 4.98 Å². The number of pyridine rings is 1. The van der Waals surface area contributed by atoms with E-state index in [-0.39, 0.29) is 11.4 Å². The molecule has 0 saturated carbocycles. The number of hydrogen-bond donors (Lipinski definition) is 0. The summed E-state index contributed by atoms with van der Waals surface area (Å²) in [6, 6.07) is 3.03. The molecule has 1 rings (SSSR count). The van der Waals surface area contributed by atoms with Crippen molar-refractivity contribution < 1.29 is 4.39 Å². The van der Waals surface area contributed by atoms with E-state index >= 15 is 0 Å². The van der Waals surface area contributed by atoms with Gasteiger partial charge in [0.25, 0.3) is 0 Å². The molecule has 78 valence electrons. The Bertz CT molecular complexity index is 297. The van der Waals surface area contributed by atoms with Gasteiger partial charge in [0.05, 0.1) is 6.20 Å². The molecule has 0 radical (unpaired) electrons. The van der Waals surface area contributed by atoms with Gasteiger partial charge in [0.1, 0.15) is 11.6 Å². The topological polar surface area (TPSA) is 16.1 Å². The number of aromatic nitrogens is 1. The summed E-state index contributed by atoms with van der Waals surface area (Å²) in [4.78, 5) is 5.91. The molecule has 0 saturated heterocycles. The van der Waals surface area contributed by atoms with Crippen LogP contribution in [0.3, 0.4) is 0 Å². The zero-order valence-electron chi connectivity index (χ0n) is 8.59. The molecule has 1 aromatic heterocycles. The first kappa shape index (κ1) is 11.2. The fourth-order valence-corrected chi connectivity index (χ4v) is 1.15. The first-order valence-corrected chi connectivity index (χ1v) is 4.92. The largest absolute Gasteiger partial charge is 0.353 e. The van der Waals surface area contributed by atoms with Gasteiger partial charge in [0.2, 0.25) is 0 Å². The molecular weight excluding hydrogens is 203 g/mol. The van der Waals surface area contributed by atoms with Crippen LogP contribution >= 0.6 is 11.6 Å². The van der Waals surface area contributed by atoms with Gasteiger partial charge in [-0.3, -0.25) is 0 Å². The fourth-order valence-electron chi connectivity index (χ4n) is 0.966. The van der Waals surface area contributed by atoms with E-state index in [9.17, 15) is 4.39 Å². The Morgan fingerprint density at radius 2 is 2.14 bits per heavy atom. The van der Waals surface area contributed by atoms with Gasteiger partial charge in [-0.2, -0.15) is 0 Å². The second-order valence-electron chi connectivity index (χ2n) is 3.84. The van der Waals surface area contributed by atoms with E-state index in [1.165, 1.54) is 12.3 Å². The van der Waals surface area contributed by atoms with Crippen molar-refractivity contribution >= 4 is 17.4 Å².